The van der Waals surface area contributed by atoms with Crippen LogP contribution in [0.15, 0.2) is 53.5 Å². The molecule has 1 saturated heterocycles. The lowest BCUT2D eigenvalue weighted by Gasteiger charge is -2.33. The van der Waals surface area contributed by atoms with E-state index in [2.05, 4.69) is 5.32 Å². The van der Waals surface area contributed by atoms with Gasteiger partial charge in [-0.25, -0.2) is 18.6 Å². The van der Waals surface area contributed by atoms with Crippen LogP contribution >= 0.6 is 0 Å². The van der Waals surface area contributed by atoms with Crippen LogP contribution in [0.25, 0.3) is 0 Å². The zero-order valence-corrected chi connectivity index (χ0v) is 17.4. The van der Waals surface area contributed by atoms with E-state index < -0.39 is 17.7 Å². The molecule has 6 nitrogen and oxygen atoms in total. The molecule has 0 bridgehead atoms. The predicted molar refractivity (Wildman–Crippen MR) is 108 cm³/mol. The summed E-state index contributed by atoms with van der Waals surface area (Å²) in [6, 6.07) is 11.6. The summed E-state index contributed by atoms with van der Waals surface area (Å²) in [6.45, 7) is 4.14. The number of hydrogen-bond acceptors (Lipinski definition) is 4. The van der Waals surface area contributed by atoms with Crippen LogP contribution in [-0.2, 0) is 15.1 Å². The first-order valence-electron chi connectivity index (χ1n) is 9.86. The van der Waals surface area contributed by atoms with E-state index in [9.17, 15) is 26.7 Å². The number of amides is 1. The first kappa shape index (κ1) is 24.3. The predicted octanol–water partition coefficient (Wildman–Crippen LogP) is 3.32. The van der Waals surface area contributed by atoms with Gasteiger partial charge in [-0.05, 0) is 42.3 Å². The Hall–Kier alpha value is -3.34. The molecule has 2 aromatic rings. The van der Waals surface area contributed by atoms with Gasteiger partial charge in [0.2, 0.25) is 0 Å². The number of benzene rings is 2. The third kappa shape index (κ3) is 5.03. The standard InChI is InChI=1S/C20H19F2N3O.C2HF3O2/c1-13-24-20(15-2-6-17(21)7-3-15,16-4-8-18(22)9-5-16)19(26)25(13)12-14-10-23-11-14;3-2(4,5)1(6)7/h2-9,14,23H,10-12H2,1H3;(H,6,7). The van der Waals surface area contributed by atoms with Crippen LogP contribution < -0.4 is 5.32 Å². The van der Waals surface area contributed by atoms with E-state index >= 15 is 0 Å². The van der Waals surface area contributed by atoms with Crippen molar-refractivity contribution in [2.75, 3.05) is 19.6 Å². The van der Waals surface area contributed by atoms with Crippen molar-refractivity contribution in [1.29, 1.82) is 0 Å². The lowest BCUT2D eigenvalue weighted by atomic mass is 9.82. The van der Waals surface area contributed by atoms with Gasteiger partial charge in [0.15, 0.2) is 5.54 Å². The van der Waals surface area contributed by atoms with Gasteiger partial charge in [0.1, 0.15) is 17.5 Å². The first-order chi connectivity index (χ1) is 15.4. The monoisotopic (exact) mass is 469 g/mol. The summed E-state index contributed by atoms with van der Waals surface area (Å²) < 4.78 is 58.6. The maximum Gasteiger partial charge on any atom is 0.490 e. The lowest BCUT2D eigenvalue weighted by molar-refractivity contribution is -0.192. The third-order valence-corrected chi connectivity index (χ3v) is 5.35. The summed E-state index contributed by atoms with van der Waals surface area (Å²) in [5, 5.41) is 10.3. The molecular formula is C22H20F5N3O3. The van der Waals surface area contributed by atoms with Crippen LogP contribution in [-0.4, -0.2) is 53.5 Å². The number of amidine groups is 1. The van der Waals surface area contributed by atoms with Crippen LogP contribution in [0, 0.1) is 17.6 Å². The van der Waals surface area contributed by atoms with Crippen LogP contribution in [0.3, 0.4) is 0 Å². The fourth-order valence-electron chi connectivity index (χ4n) is 3.57. The number of nitrogens with zero attached hydrogens (tertiary/aromatic N) is 2. The van der Waals surface area contributed by atoms with E-state index in [0.29, 0.717) is 29.4 Å². The van der Waals surface area contributed by atoms with Crippen molar-refractivity contribution in [3.63, 3.8) is 0 Å². The summed E-state index contributed by atoms with van der Waals surface area (Å²) in [5.74, 6) is -2.69. The van der Waals surface area contributed by atoms with Crippen molar-refractivity contribution >= 4 is 17.7 Å². The quantitative estimate of drug-likeness (QED) is 0.674. The van der Waals surface area contributed by atoms with Gasteiger partial charge in [-0.3, -0.25) is 9.69 Å². The summed E-state index contributed by atoms with van der Waals surface area (Å²) >= 11 is 0. The highest BCUT2D eigenvalue weighted by molar-refractivity contribution is 6.09. The van der Waals surface area contributed by atoms with E-state index in [1.54, 1.807) is 36.1 Å². The van der Waals surface area contributed by atoms with Crippen molar-refractivity contribution in [2.45, 2.75) is 18.6 Å². The van der Waals surface area contributed by atoms with Crippen molar-refractivity contribution < 1.29 is 36.6 Å². The number of nitrogens with one attached hydrogen (secondary N) is 1. The molecule has 33 heavy (non-hydrogen) atoms. The molecule has 2 aliphatic rings. The SMILES string of the molecule is CC1=NC(c2ccc(F)cc2)(c2ccc(F)cc2)C(=O)N1CC1CNC1.O=C(O)C(F)(F)F. The normalized spacial score (nSPS) is 17.7. The van der Waals surface area contributed by atoms with Gasteiger partial charge < -0.3 is 10.4 Å². The number of carboxylic acid groups (broad SMARTS) is 1. The highest BCUT2D eigenvalue weighted by atomic mass is 19.4. The van der Waals surface area contributed by atoms with E-state index in [4.69, 9.17) is 14.9 Å². The molecule has 2 aliphatic heterocycles. The minimum Gasteiger partial charge on any atom is -0.475 e. The highest BCUT2D eigenvalue weighted by Crippen LogP contribution is 2.40. The van der Waals surface area contributed by atoms with Gasteiger partial charge in [0.05, 0.1) is 0 Å². The number of carbonyl (C=O) groups excluding carboxylic acids is 1. The smallest absolute Gasteiger partial charge is 0.475 e. The summed E-state index contributed by atoms with van der Waals surface area (Å²) in [4.78, 5) is 28.8. The maximum atomic E-state index is 13.5. The number of carboxylic acids is 1. The molecule has 0 aliphatic carbocycles. The molecule has 176 valence electrons. The Bertz CT molecular complexity index is 1000. The maximum absolute atomic E-state index is 13.5. The fourth-order valence-corrected chi connectivity index (χ4v) is 3.57. The third-order valence-electron chi connectivity index (χ3n) is 5.35. The Labute approximate surface area is 185 Å². The lowest BCUT2D eigenvalue weighted by Crippen LogP contribution is -2.51. The number of carbonyl (C=O) groups is 2. The van der Waals surface area contributed by atoms with Gasteiger partial charge in [0.25, 0.3) is 5.91 Å². The minimum absolute atomic E-state index is 0.180. The topological polar surface area (TPSA) is 82.0 Å². The number of halogens is 5. The van der Waals surface area contributed by atoms with Crippen molar-refractivity contribution in [3.8, 4) is 0 Å². The van der Waals surface area contributed by atoms with Crippen LogP contribution in [0.1, 0.15) is 18.1 Å². The second-order valence-electron chi connectivity index (χ2n) is 7.63. The number of aliphatic imine (C=N–C) groups is 1. The van der Waals surface area contributed by atoms with Gasteiger partial charge in [-0.2, -0.15) is 13.2 Å². The van der Waals surface area contributed by atoms with Crippen LogP contribution in [0.5, 0.6) is 0 Å². The van der Waals surface area contributed by atoms with Gasteiger partial charge in [0, 0.05) is 25.6 Å². The molecule has 0 spiro atoms. The van der Waals surface area contributed by atoms with E-state index in [1.807, 2.05) is 0 Å². The summed E-state index contributed by atoms with van der Waals surface area (Å²) in [7, 11) is 0. The molecule has 0 unspecified atom stereocenters. The molecule has 1 amide bonds. The first-order valence-corrected chi connectivity index (χ1v) is 9.86. The number of rotatable bonds is 4. The minimum atomic E-state index is -5.08. The highest BCUT2D eigenvalue weighted by Gasteiger charge is 2.50. The van der Waals surface area contributed by atoms with Crippen molar-refractivity contribution in [1.82, 2.24) is 10.2 Å². The largest absolute Gasteiger partial charge is 0.490 e. The zero-order valence-electron chi connectivity index (χ0n) is 17.4. The number of hydrogen-bond donors (Lipinski definition) is 2. The molecule has 4 rings (SSSR count). The summed E-state index contributed by atoms with van der Waals surface area (Å²) in [6.07, 6.45) is -5.08. The molecule has 2 heterocycles. The molecule has 2 aromatic carbocycles. The average Bonchev–Trinajstić information content (AvgIpc) is 2.96. The molecule has 0 aromatic heterocycles. The molecule has 0 atom stereocenters. The molecule has 2 N–H and O–H groups in total. The van der Waals surface area contributed by atoms with E-state index in [1.165, 1.54) is 24.3 Å². The Balaban J connectivity index is 0.000000383. The Morgan fingerprint density at radius 1 is 1.06 bits per heavy atom. The molecule has 11 heteroatoms. The number of alkyl halides is 3. The van der Waals surface area contributed by atoms with E-state index in [-0.39, 0.29) is 17.5 Å². The van der Waals surface area contributed by atoms with Crippen LogP contribution in [0.4, 0.5) is 22.0 Å². The Morgan fingerprint density at radius 2 is 1.48 bits per heavy atom. The molecule has 0 radical (unpaired) electrons. The molecule has 1 fully saturated rings. The van der Waals surface area contributed by atoms with Gasteiger partial charge in [-0.15, -0.1) is 0 Å². The Morgan fingerprint density at radius 3 is 1.82 bits per heavy atom. The fraction of sp³-hybridized carbons (Fsp3) is 0.318. The zero-order chi connectivity index (χ0) is 24.4. The molecular weight excluding hydrogens is 449 g/mol. The van der Waals surface area contributed by atoms with Crippen molar-refractivity contribution in [2.24, 2.45) is 10.9 Å². The molecule has 0 saturated carbocycles. The summed E-state index contributed by atoms with van der Waals surface area (Å²) in [5.41, 5.74) is -0.156. The average molecular weight is 469 g/mol. The van der Waals surface area contributed by atoms with Gasteiger partial charge >= 0.3 is 12.1 Å². The second kappa shape index (κ2) is 9.26. The second-order valence-corrected chi connectivity index (χ2v) is 7.63. The number of aliphatic carboxylic acids is 1. The van der Waals surface area contributed by atoms with Crippen LogP contribution in [0.2, 0.25) is 0 Å². The van der Waals surface area contributed by atoms with Gasteiger partial charge in [-0.1, -0.05) is 24.3 Å². The Kier molecular flexibility index (Phi) is 6.82. The van der Waals surface area contributed by atoms with Crippen molar-refractivity contribution in [3.05, 3.63) is 71.3 Å². The van der Waals surface area contributed by atoms with E-state index in [0.717, 1.165) is 13.1 Å².